The summed E-state index contributed by atoms with van der Waals surface area (Å²) < 4.78 is 4.25. The van der Waals surface area contributed by atoms with Crippen molar-refractivity contribution in [2.24, 2.45) is 13.0 Å². The quantitative estimate of drug-likeness (QED) is 0.729. The van der Waals surface area contributed by atoms with Crippen LogP contribution >= 0.6 is 11.6 Å². The van der Waals surface area contributed by atoms with E-state index >= 15 is 0 Å². The smallest absolute Gasteiger partial charge is 0.158 e. The number of aryl methyl sites for hydroxylation is 2. The van der Waals surface area contributed by atoms with E-state index in [1.807, 2.05) is 18.7 Å². The molecule has 2 rings (SSSR count). The van der Waals surface area contributed by atoms with E-state index in [0.717, 1.165) is 35.5 Å². The van der Waals surface area contributed by atoms with Crippen molar-refractivity contribution in [2.75, 3.05) is 0 Å². The molecule has 0 N–H and O–H groups in total. The molecule has 2 aromatic rings. The van der Waals surface area contributed by atoms with Crippen LogP contribution in [0.4, 0.5) is 0 Å². The maximum Gasteiger partial charge on any atom is 0.158 e. The van der Waals surface area contributed by atoms with Gasteiger partial charge in [0.05, 0.1) is 11.1 Å². The van der Waals surface area contributed by atoms with Gasteiger partial charge in [-0.2, -0.15) is 5.10 Å². The van der Waals surface area contributed by atoms with Crippen molar-refractivity contribution >= 4 is 22.8 Å². The number of alkyl halides is 1. The molecular formula is C16H27ClN4. The number of nitrogens with zero attached hydrogens (tertiary/aromatic N) is 4. The van der Waals surface area contributed by atoms with Crippen LogP contribution in [-0.2, 0) is 13.5 Å². The van der Waals surface area contributed by atoms with Crippen molar-refractivity contribution < 1.29 is 0 Å². The Kier molecular flexibility index (Phi) is 4.97. The molecule has 0 aromatic carbocycles. The second-order valence-corrected chi connectivity index (χ2v) is 6.80. The molecule has 0 bridgehead atoms. The monoisotopic (exact) mass is 310 g/mol. The van der Waals surface area contributed by atoms with Gasteiger partial charge in [0.2, 0.25) is 0 Å². The van der Waals surface area contributed by atoms with E-state index in [-0.39, 0.29) is 5.38 Å². The first-order valence-corrected chi connectivity index (χ1v) is 8.41. The average Bonchev–Trinajstić information content (AvgIpc) is 2.96. The summed E-state index contributed by atoms with van der Waals surface area (Å²) in [6, 6.07) is 0.376. The normalized spacial score (nSPS) is 16.3. The fourth-order valence-electron chi connectivity index (χ4n) is 3.03. The lowest BCUT2D eigenvalue weighted by Crippen LogP contribution is -2.15. The molecule has 0 radical (unpaired) electrons. The SMILES string of the molecule is CCc1nn(C)c2c1nc(C(C)Cl)n2C(C)CC(C)CC. The average molecular weight is 311 g/mol. The zero-order valence-corrected chi connectivity index (χ0v) is 14.8. The van der Waals surface area contributed by atoms with Crippen molar-refractivity contribution in [3.63, 3.8) is 0 Å². The Labute approximate surface area is 132 Å². The van der Waals surface area contributed by atoms with Crippen molar-refractivity contribution in [1.29, 1.82) is 0 Å². The topological polar surface area (TPSA) is 35.6 Å². The highest BCUT2D eigenvalue weighted by Crippen LogP contribution is 2.32. The van der Waals surface area contributed by atoms with Gasteiger partial charge in [0, 0.05) is 13.1 Å². The lowest BCUT2D eigenvalue weighted by molar-refractivity contribution is 0.393. The number of fused-ring (bicyclic) bond motifs is 1. The molecule has 3 atom stereocenters. The first kappa shape index (κ1) is 16.3. The minimum Gasteiger partial charge on any atom is -0.309 e. The third-order valence-electron chi connectivity index (χ3n) is 4.34. The second-order valence-electron chi connectivity index (χ2n) is 6.15. The standard InChI is InChI=1S/C16H27ClN4/c1-7-10(3)9-11(4)21-15(12(5)17)18-14-13(8-2)19-20(6)16(14)21/h10-12H,7-9H2,1-6H3. The summed E-state index contributed by atoms with van der Waals surface area (Å²) in [6.45, 7) is 10.9. The highest BCUT2D eigenvalue weighted by Gasteiger charge is 2.24. The van der Waals surface area contributed by atoms with Crippen LogP contribution in [0.3, 0.4) is 0 Å². The Bertz CT molecular complexity index is 611. The van der Waals surface area contributed by atoms with Gasteiger partial charge in [-0.3, -0.25) is 4.68 Å². The van der Waals surface area contributed by atoms with Crippen molar-refractivity contribution in [3.8, 4) is 0 Å². The minimum atomic E-state index is -0.0958. The van der Waals surface area contributed by atoms with E-state index in [1.54, 1.807) is 0 Å². The Morgan fingerprint density at radius 3 is 2.38 bits per heavy atom. The minimum absolute atomic E-state index is 0.0958. The lowest BCUT2D eigenvalue weighted by atomic mass is 10.00. The summed E-state index contributed by atoms with van der Waals surface area (Å²) in [6.07, 6.45) is 3.22. The third-order valence-corrected chi connectivity index (χ3v) is 4.53. The number of hydrogen-bond acceptors (Lipinski definition) is 2. The largest absolute Gasteiger partial charge is 0.309 e. The van der Waals surface area contributed by atoms with Gasteiger partial charge in [-0.15, -0.1) is 11.6 Å². The zero-order chi connectivity index (χ0) is 15.7. The summed E-state index contributed by atoms with van der Waals surface area (Å²) in [5.74, 6) is 1.65. The highest BCUT2D eigenvalue weighted by atomic mass is 35.5. The predicted octanol–water partition coefficient (Wildman–Crippen LogP) is 4.63. The van der Waals surface area contributed by atoms with E-state index in [2.05, 4.69) is 37.4 Å². The Morgan fingerprint density at radius 1 is 1.19 bits per heavy atom. The molecule has 0 aliphatic rings. The number of rotatable bonds is 6. The third kappa shape index (κ3) is 2.96. The van der Waals surface area contributed by atoms with Gasteiger partial charge in [0.1, 0.15) is 11.3 Å². The maximum absolute atomic E-state index is 6.39. The molecule has 0 spiro atoms. The molecule has 4 nitrogen and oxygen atoms in total. The molecule has 0 saturated heterocycles. The summed E-state index contributed by atoms with van der Waals surface area (Å²) in [5, 5.41) is 4.51. The summed E-state index contributed by atoms with van der Waals surface area (Å²) in [5.41, 5.74) is 3.17. The Morgan fingerprint density at radius 2 is 1.86 bits per heavy atom. The molecule has 2 aromatic heterocycles. The van der Waals surface area contributed by atoms with Crippen LogP contribution in [0.25, 0.3) is 11.2 Å². The van der Waals surface area contributed by atoms with Gasteiger partial charge in [0.25, 0.3) is 0 Å². The van der Waals surface area contributed by atoms with E-state index in [9.17, 15) is 0 Å². The van der Waals surface area contributed by atoms with Gasteiger partial charge >= 0.3 is 0 Å². The maximum atomic E-state index is 6.39. The Balaban J connectivity index is 2.58. The van der Waals surface area contributed by atoms with Crippen LogP contribution in [0, 0.1) is 5.92 Å². The fraction of sp³-hybridized carbons (Fsp3) is 0.750. The molecule has 118 valence electrons. The molecule has 5 heteroatoms. The first-order valence-electron chi connectivity index (χ1n) is 7.98. The van der Waals surface area contributed by atoms with Crippen LogP contribution in [0.1, 0.15) is 70.4 Å². The molecule has 2 heterocycles. The van der Waals surface area contributed by atoms with Crippen LogP contribution in [0.5, 0.6) is 0 Å². The van der Waals surface area contributed by atoms with Crippen LogP contribution in [0.2, 0.25) is 0 Å². The van der Waals surface area contributed by atoms with Crippen LogP contribution in [-0.4, -0.2) is 19.3 Å². The van der Waals surface area contributed by atoms with Gasteiger partial charge in [0.15, 0.2) is 5.65 Å². The molecule has 21 heavy (non-hydrogen) atoms. The van der Waals surface area contributed by atoms with E-state index in [1.165, 1.54) is 6.42 Å². The molecular weight excluding hydrogens is 284 g/mol. The van der Waals surface area contributed by atoms with Crippen LogP contribution in [0.15, 0.2) is 0 Å². The van der Waals surface area contributed by atoms with Gasteiger partial charge in [-0.25, -0.2) is 4.98 Å². The molecule has 0 amide bonds. The van der Waals surface area contributed by atoms with Crippen molar-refractivity contribution in [1.82, 2.24) is 19.3 Å². The number of hydrogen-bond donors (Lipinski definition) is 0. The summed E-state index contributed by atoms with van der Waals surface area (Å²) in [7, 11) is 2.00. The molecule has 0 saturated carbocycles. The van der Waals surface area contributed by atoms with Gasteiger partial charge in [-0.05, 0) is 32.6 Å². The summed E-state index contributed by atoms with van der Waals surface area (Å²) >= 11 is 6.39. The predicted molar refractivity (Wildman–Crippen MR) is 88.9 cm³/mol. The molecule has 3 unspecified atom stereocenters. The number of imidazole rings is 1. The molecule has 0 fully saturated rings. The number of aromatic nitrogens is 4. The van der Waals surface area contributed by atoms with E-state index in [0.29, 0.717) is 12.0 Å². The fourth-order valence-corrected chi connectivity index (χ4v) is 3.18. The first-order chi connectivity index (χ1) is 9.90. The molecule has 0 aliphatic carbocycles. The molecule has 0 aliphatic heterocycles. The van der Waals surface area contributed by atoms with Gasteiger partial charge < -0.3 is 4.57 Å². The highest BCUT2D eigenvalue weighted by molar-refractivity contribution is 6.20. The lowest BCUT2D eigenvalue weighted by Gasteiger charge is -2.21. The Hall–Kier alpha value is -1.03. The van der Waals surface area contributed by atoms with Gasteiger partial charge in [-0.1, -0.05) is 27.2 Å². The zero-order valence-electron chi connectivity index (χ0n) is 14.0. The van der Waals surface area contributed by atoms with Crippen molar-refractivity contribution in [3.05, 3.63) is 11.5 Å². The van der Waals surface area contributed by atoms with Crippen LogP contribution < -0.4 is 0 Å². The van der Waals surface area contributed by atoms with E-state index < -0.39 is 0 Å². The van der Waals surface area contributed by atoms with Crippen molar-refractivity contribution in [2.45, 2.75) is 65.3 Å². The number of halogens is 1. The van der Waals surface area contributed by atoms with E-state index in [4.69, 9.17) is 16.6 Å². The summed E-state index contributed by atoms with van der Waals surface area (Å²) in [4.78, 5) is 4.81. The second kappa shape index (κ2) is 6.39.